The minimum absolute atomic E-state index is 0.144. The van der Waals surface area contributed by atoms with E-state index >= 15 is 0 Å². The van der Waals surface area contributed by atoms with E-state index in [9.17, 15) is 14.7 Å². The molecule has 134 valence electrons. The summed E-state index contributed by atoms with van der Waals surface area (Å²) in [6.07, 6.45) is 2.33. The first-order chi connectivity index (χ1) is 11.5. The summed E-state index contributed by atoms with van der Waals surface area (Å²) in [5.74, 6) is -2.45. The molecule has 4 aliphatic heterocycles. The lowest BCUT2D eigenvalue weighted by atomic mass is 9.67. The van der Waals surface area contributed by atoms with Gasteiger partial charge in [0.1, 0.15) is 17.3 Å². The van der Waals surface area contributed by atoms with Crippen LogP contribution in [0.25, 0.3) is 0 Å². The number of carbonyl (C=O) groups is 2. The molecule has 2 bridgehead atoms. The summed E-state index contributed by atoms with van der Waals surface area (Å²) in [7, 11) is 0. The number of rotatable bonds is 1. The summed E-state index contributed by atoms with van der Waals surface area (Å²) in [4.78, 5) is 25.2. The van der Waals surface area contributed by atoms with Crippen LogP contribution in [0.15, 0.2) is 35.6 Å². The van der Waals surface area contributed by atoms with Crippen molar-refractivity contribution in [2.45, 2.75) is 57.7 Å². The fourth-order valence-electron chi connectivity index (χ4n) is 4.64. The lowest BCUT2D eigenvalue weighted by Crippen LogP contribution is -2.49. The predicted molar refractivity (Wildman–Crippen MR) is 87.1 cm³/mol. The average molecular weight is 346 g/mol. The van der Waals surface area contributed by atoms with Crippen molar-refractivity contribution in [2.75, 3.05) is 0 Å². The Morgan fingerprint density at radius 3 is 2.68 bits per heavy atom. The van der Waals surface area contributed by atoms with E-state index in [1.807, 2.05) is 6.92 Å². The van der Waals surface area contributed by atoms with Crippen LogP contribution in [0.2, 0.25) is 0 Å². The summed E-state index contributed by atoms with van der Waals surface area (Å²) in [6.45, 7) is 10.6. The number of allylic oxidation sites excluding steroid dienone is 1. The number of ether oxygens (including phenoxy) is 3. The van der Waals surface area contributed by atoms with Crippen LogP contribution in [-0.4, -0.2) is 40.5 Å². The molecule has 6 heteroatoms. The van der Waals surface area contributed by atoms with E-state index < -0.39 is 40.9 Å². The minimum Gasteiger partial charge on any atom is -0.479 e. The number of aliphatic hydroxyl groups is 1. The van der Waals surface area contributed by atoms with Gasteiger partial charge >= 0.3 is 5.97 Å². The lowest BCUT2D eigenvalue weighted by molar-refractivity contribution is -0.219. The third kappa shape index (κ3) is 1.81. The van der Waals surface area contributed by atoms with Crippen LogP contribution in [-0.2, 0) is 23.8 Å². The fraction of sp³-hybridized carbons (Fsp3) is 0.579. The monoisotopic (exact) mass is 346 g/mol. The Kier molecular flexibility index (Phi) is 3.06. The van der Waals surface area contributed by atoms with Gasteiger partial charge in [-0.1, -0.05) is 6.58 Å². The lowest BCUT2D eigenvalue weighted by Gasteiger charge is -2.34. The van der Waals surface area contributed by atoms with Crippen molar-refractivity contribution < 1.29 is 28.9 Å². The zero-order valence-electron chi connectivity index (χ0n) is 14.8. The molecule has 4 rings (SSSR count). The normalized spacial score (nSPS) is 49.9. The van der Waals surface area contributed by atoms with Crippen LogP contribution in [0.1, 0.15) is 34.1 Å². The van der Waals surface area contributed by atoms with Crippen molar-refractivity contribution in [3.63, 3.8) is 0 Å². The highest BCUT2D eigenvalue weighted by Crippen LogP contribution is 2.60. The molecule has 4 heterocycles. The molecular formula is C19H22O6. The van der Waals surface area contributed by atoms with E-state index in [-0.39, 0.29) is 12.2 Å². The summed E-state index contributed by atoms with van der Waals surface area (Å²) in [5.41, 5.74) is -1.31. The second-order valence-corrected chi connectivity index (χ2v) is 7.94. The largest absolute Gasteiger partial charge is 0.479 e. The van der Waals surface area contributed by atoms with E-state index in [2.05, 4.69) is 6.58 Å². The Bertz CT molecular complexity index is 779. The zero-order chi connectivity index (χ0) is 18.4. The van der Waals surface area contributed by atoms with Crippen molar-refractivity contribution in [1.82, 2.24) is 0 Å². The number of ketones is 1. The molecule has 6 unspecified atom stereocenters. The Morgan fingerprint density at radius 2 is 2.04 bits per heavy atom. The molecule has 0 amide bonds. The van der Waals surface area contributed by atoms with E-state index in [1.165, 1.54) is 6.08 Å². The zero-order valence-corrected chi connectivity index (χ0v) is 14.8. The van der Waals surface area contributed by atoms with Crippen LogP contribution >= 0.6 is 0 Å². The second kappa shape index (κ2) is 4.62. The molecule has 4 aliphatic rings. The van der Waals surface area contributed by atoms with Crippen molar-refractivity contribution in [3.05, 3.63) is 35.6 Å². The molecule has 0 aromatic rings. The third-order valence-corrected chi connectivity index (χ3v) is 6.20. The van der Waals surface area contributed by atoms with Crippen molar-refractivity contribution in [3.8, 4) is 0 Å². The Morgan fingerprint density at radius 1 is 1.36 bits per heavy atom. The highest BCUT2D eigenvalue weighted by atomic mass is 16.7. The van der Waals surface area contributed by atoms with Crippen molar-refractivity contribution in [1.29, 1.82) is 0 Å². The van der Waals surface area contributed by atoms with E-state index in [1.54, 1.807) is 26.8 Å². The first-order valence-electron chi connectivity index (χ1n) is 8.44. The van der Waals surface area contributed by atoms with Gasteiger partial charge in [-0.2, -0.15) is 0 Å². The summed E-state index contributed by atoms with van der Waals surface area (Å²) < 4.78 is 17.5. The number of fused-ring (bicyclic) bond motifs is 2. The van der Waals surface area contributed by atoms with Gasteiger partial charge in [-0.05, 0) is 44.9 Å². The molecule has 0 radical (unpaired) electrons. The number of hydrogen-bond acceptors (Lipinski definition) is 6. The molecule has 0 aliphatic carbocycles. The molecule has 2 fully saturated rings. The second-order valence-electron chi connectivity index (χ2n) is 7.94. The minimum atomic E-state index is -1.84. The van der Waals surface area contributed by atoms with Gasteiger partial charge in [-0.25, -0.2) is 0 Å². The first-order valence-corrected chi connectivity index (χ1v) is 8.44. The van der Waals surface area contributed by atoms with Gasteiger partial charge in [0.05, 0.1) is 6.10 Å². The fourth-order valence-corrected chi connectivity index (χ4v) is 4.64. The maximum atomic E-state index is 12.7. The molecule has 2 saturated heterocycles. The van der Waals surface area contributed by atoms with Crippen LogP contribution in [0.4, 0.5) is 0 Å². The maximum absolute atomic E-state index is 12.7. The van der Waals surface area contributed by atoms with Crippen molar-refractivity contribution in [2.24, 2.45) is 11.3 Å². The molecule has 0 aromatic heterocycles. The average Bonchev–Trinajstić information content (AvgIpc) is 3.03. The SMILES string of the molecule is C=C(C)C1(O)OC2CC3(C)OC(=CC3=O)/C(C)=C\C3OC(=O)C1(C)C32. The molecule has 0 spiro atoms. The predicted octanol–water partition coefficient (Wildman–Crippen LogP) is 1.79. The van der Waals surface area contributed by atoms with Gasteiger partial charge in [0, 0.05) is 18.4 Å². The third-order valence-electron chi connectivity index (χ3n) is 6.20. The quantitative estimate of drug-likeness (QED) is 0.576. The smallest absolute Gasteiger partial charge is 0.318 e. The number of esters is 1. The summed E-state index contributed by atoms with van der Waals surface area (Å²) >= 11 is 0. The van der Waals surface area contributed by atoms with Gasteiger partial charge in [-0.15, -0.1) is 0 Å². The summed E-state index contributed by atoms with van der Waals surface area (Å²) in [6, 6.07) is 0. The van der Waals surface area contributed by atoms with Crippen LogP contribution in [0.5, 0.6) is 0 Å². The van der Waals surface area contributed by atoms with Crippen molar-refractivity contribution >= 4 is 11.8 Å². The van der Waals surface area contributed by atoms with Gasteiger partial charge in [0.25, 0.3) is 0 Å². The number of hydrogen-bond donors (Lipinski definition) is 1. The maximum Gasteiger partial charge on any atom is 0.318 e. The summed E-state index contributed by atoms with van der Waals surface area (Å²) in [5, 5.41) is 11.2. The first kappa shape index (κ1) is 16.5. The molecule has 1 N–H and O–H groups in total. The molecular weight excluding hydrogens is 324 g/mol. The Labute approximate surface area is 146 Å². The number of carbonyl (C=O) groups excluding carboxylic acids is 2. The highest BCUT2D eigenvalue weighted by Gasteiger charge is 2.74. The van der Waals surface area contributed by atoms with E-state index in [0.29, 0.717) is 11.3 Å². The van der Waals surface area contributed by atoms with Crippen LogP contribution < -0.4 is 0 Å². The van der Waals surface area contributed by atoms with E-state index in [0.717, 1.165) is 5.57 Å². The van der Waals surface area contributed by atoms with Gasteiger partial charge in [-0.3, -0.25) is 9.59 Å². The van der Waals surface area contributed by atoms with Crippen LogP contribution in [0.3, 0.4) is 0 Å². The Hall–Kier alpha value is -1.92. The molecule has 6 atom stereocenters. The molecule has 6 nitrogen and oxygen atoms in total. The Balaban J connectivity index is 1.90. The topological polar surface area (TPSA) is 82.1 Å². The van der Waals surface area contributed by atoms with Gasteiger partial charge < -0.3 is 19.3 Å². The molecule has 0 saturated carbocycles. The standard InChI is InChI=1S/C19H22O6/c1-9(2)19(22)18(5)15-12(23-16(18)21)6-10(3)11-7-14(20)17(4,24-11)8-13(15)25-19/h6-7,12-13,15,22H,1,8H2,2-5H3/b10-6-. The molecule has 25 heavy (non-hydrogen) atoms. The van der Waals surface area contributed by atoms with Gasteiger partial charge in [0.2, 0.25) is 11.6 Å². The van der Waals surface area contributed by atoms with E-state index in [4.69, 9.17) is 14.2 Å². The highest BCUT2D eigenvalue weighted by molar-refractivity contribution is 6.00. The van der Waals surface area contributed by atoms with Gasteiger partial charge in [0.15, 0.2) is 5.60 Å². The van der Waals surface area contributed by atoms with Crippen LogP contribution in [0, 0.1) is 11.3 Å². The molecule has 0 aromatic carbocycles.